The second kappa shape index (κ2) is 20.2. The molecule has 6 nitrogen and oxygen atoms in total. The number of hydrogen-bond acceptors (Lipinski definition) is 5. The highest BCUT2D eigenvalue weighted by Gasteiger charge is 2.14. The van der Waals surface area contributed by atoms with Gasteiger partial charge in [-0.2, -0.15) is 0 Å². The van der Waals surface area contributed by atoms with E-state index in [4.69, 9.17) is 24.1 Å². The molecule has 0 spiro atoms. The summed E-state index contributed by atoms with van der Waals surface area (Å²) in [6, 6.07) is 15.8. The fraction of sp³-hybridized carbons (Fsp3) is 0.462. The smallest absolute Gasteiger partial charge is 0.338 e. The average molecular weight is 449 g/mol. The molecule has 0 amide bonds. The van der Waals surface area contributed by atoms with Crippen molar-refractivity contribution in [3.63, 3.8) is 0 Å². The van der Waals surface area contributed by atoms with Gasteiger partial charge in [-0.05, 0) is 46.2 Å². The van der Waals surface area contributed by atoms with Crippen molar-refractivity contribution in [1.29, 1.82) is 0 Å². The third-order valence-electron chi connectivity index (χ3n) is 4.08. The summed E-state index contributed by atoms with van der Waals surface area (Å²) < 4.78 is 15.8. The lowest BCUT2D eigenvalue weighted by Crippen LogP contribution is -2.26. The van der Waals surface area contributed by atoms with Gasteiger partial charge in [0.15, 0.2) is 6.29 Å². The molecule has 0 heterocycles. The molecule has 32 heavy (non-hydrogen) atoms. The molecule has 1 unspecified atom stereocenters. The Morgan fingerprint density at radius 3 is 1.66 bits per heavy atom. The first-order valence-electron chi connectivity index (χ1n) is 10.8. The van der Waals surface area contributed by atoms with E-state index in [-0.39, 0.29) is 31.4 Å². The van der Waals surface area contributed by atoms with E-state index in [1.807, 2.05) is 46.8 Å². The van der Waals surface area contributed by atoms with Gasteiger partial charge in [0.25, 0.3) is 6.47 Å². The van der Waals surface area contributed by atoms with Gasteiger partial charge in [0.2, 0.25) is 0 Å². The van der Waals surface area contributed by atoms with Crippen LogP contribution in [-0.2, 0) is 19.0 Å². The second-order valence-electron chi connectivity index (χ2n) is 6.69. The monoisotopic (exact) mass is 448 g/mol. The van der Waals surface area contributed by atoms with Gasteiger partial charge in [0.05, 0.1) is 11.7 Å². The molecule has 0 saturated carbocycles. The van der Waals surface area contributed by atoms with Crippen LogP contribution in [0.2, 0.25) is 0 Å². The van der Waals surface area contributed by atoms with Crippen molar-refractivity contribution in [3.8, 4) is 0 Å². The van der Waals surface area contributed by atoms with Crippen LogP contribution in [0.5, 0.6) is 0 Å². The van der Waals surface area contributed by atoms with Crippen molar-refractivity contribution in [2.75, 3.05) is 13.7 Å². The number of hydrogen-bond donors (Lipinski definition) is 1. The molecule has 0 aliphatic carbocycles. The second-order valence-corrected chi connectivity index (χ2v) is 6.69. The Kier molecular flexibility index (Phi) is 19.9. The van der Waals surface area contributed by atoms with E-state index in [1.165, 1.54) is 11.1 Å². The Morgan fingerprint density at radius 2 is 1.31 bits per heavy atom. The molecule has 2 rings (SSSR count). The summed E-state index contributed by atoms with van der Waals surface area (Å²) in [5.41, 5.74) is 4.33. The van der Waals surface area contributed by atoms with Crippen molar-refractivity contribution in [2.45, 2.75) is 67.3 Å². The third kappa shape index (κ3) is 16.1. The lowest BCUT2D eigenvalue weighted by Gasteiger charge is -2.20. The van der Waals surface area contributed by atoms with Crippen LogP contribution in [0.25, 0.3) is 0 Å². The minimum atomic E-state index is -0.327. The van der Waals surface area contributed by atoms with Crippen molar-refractivity contribution < 1.29 is 28.9 Å². The normalized spacial score (nSPS) is 11.1. The SMILES string of the molecule is CC.CC[C@@H](COC(=O)c1ccc(C)cc1)OC(C)OC.Cc1ccc(C)cc1.O=CO. The van der Waals surface area contributed by atoms with Crippen molar-refractivity contribution in [1.82, 2.24) is 0 Å². The molecule has 0 aliphatic heterocycles. The number of ether oxygens (including phenoxy) is 3. The number of esters is 1. The zero-order valence-electron chi connectivity index (χ0n) is 20.8. The molecule has 0 fully saturated rings. The topological polar surface area (TPSA) is 82.1 Å². The van der Waals surface area contributed by atoms with Gasteiger partial charge in [-0.1, -0.05) is 73.9 Å². The Balaban J connectivity index is 0. The first-order valence-corrected chi connectivity index (χ1v) is 10.8. The molecular weight excluding hydrogens is 408 g/mol. The van der Waals surface area contributed by atoms with Gasteiger partial charge >= 0.3 is 5.97 Å². The molecule has 2 aromatic rings. The van der Waals surface area contributed by atoms with Gasteiger partial charge in [-0.3, -0.25) is 4.79 Å². The van der Waals surface area contributed by atoms with E-state index in [9.17, 15) is 4.79 Å². The summed E-state index contributed by atoms with van der Waals surface area (Å²) in [6.07, 6.45) is 0.307. The zero-order valence-corrected chi connectivity index (χ0v) is 20.8. The number of carboxylic acid groups (broad SMARTS) is 1. The number of methoxy groups -OCH3 is 1. The molecule has 0 saturated heterocycles. The number of benzene rings is 2. The Hall–Kier alpha value is -2.70. The average Bonchev–Trinajstić information content (AvgIpc) is 2.81. The van der Waals surface area contributed by atoms with Crippen LogP contribution in [0.15, 0.2) is 48.5 Å². The minimum Gasteiger partial charge on any atom is -0.483 e. The van der Waals surface area contributed by atoms with Crippen LogP contribution in [0.1, 0.15) is 61.2 Å². The predicted octanol–water partition coefficient (Wildman–Crippen LogP) is 5.97. The van der Waals surface area contributed by atoms with Crippen LogP contribution < -0.4 is 0 Å². The lowest BCUT2D eigenvalue weighted by molar-refractivity contribution is -0.154. The molecule has 180 valence electrons. The highest BCUT2D eigenvalue weighted by Crippen LogP contribution is 2.08. The highest BCUT2D eigenvalue weighted by atomic mass is 16.7. The van der Waals surface area contributed by atoms with Crippen LogP contribution in [0.4, 0.5) is 0 Å². The van der Waals surface area contributed by atoms with Gasteiger partial charge in [0.1, 0.15) is 6.61 Å². The summed E-state index contributed by atoms with van der Waals surface area (Å²) in [7, 11) is 1.58. The van der Waals surface area contributed by atoms with E-state index in [0.717, 1.165) is 12.0 Å². The van der Waals surface area contributed by atoms with E-state index in [0.29, 0.717) is 5.56 Å². The van der Waals surface area contributed by atoms with Crippen LogP contribution in [0.3, 0.4) is 0 Å². The Bertz CT molecular complexity index is 689. The third-order valence-corrected chi connectivity index (χ3v) is 4.08. The van der Waals surface area contributed by atoms with Gasteiger partial charge in [0, 0.05) is 7.11 Å². The fourth-order valence-electron chi connectivity index (χ4n) is 2.16. The number of aryl methyl sites for hydroxylation is 3. The predicted molar refractivity (Wildman–Crippen MR) is 129 cm³/mol. The maximum absolute atomic E-state index is 11.8. The van der Waals surface area contributed by atoms with E-state index < -0.39 is 0 Å². The molecule has 0 radical (unpaired) electrons. The Morgan fingerprint density at radius 1 is 0.938 bits per heavy atom. The van der Waals surface area contributed by atoms with Crippen LogP contribution >= 0.6 is 0 Å². The lowest BCUT2D eigenvalue weighted by atomic mass is 10.1. The van der Waals surface area contributed by atoms with Crippen molar-refractivity contribution in [2.24, 2.45) is 0 Å². The zero-order chi connectivity index (χ0) is 24.9. The van der Waals surface area contributed by atoms with E-state index >= 15 is 0 Å². The minimum absolute atomic E-state index is 0.149. The number of rotatable bonds is 7. The molecule has 6 heteroatoms. The van der Waals surface area contributed by atoms with Gasteiger partial charge in [-0.15, -0.1) is 0 Å². The molecule has 2 atom stereocenters. The standard InChI is InChI=1S/C15H22O4.C8H10.C2H6.CH2O2/c1-5-14(19-12(3)17-4)10-18-15(16)13-8-6-11(2)7-9-13;1-7-3-5-8(2)6-4-7;1-2;2-1-3/h6-9,12,14H,5,10H2,1-4H3;3-6H,1-2H3;1-2H3;1H,(H,2,3)/t12?,14-;;;/m0.../s1. The molecule has 2 aromatic carbocycles. The summed E-state index contributed by atoms with van der Waals surface area (Å²) in [5.74, 6) is -0.327. The Labute approximate surface area is 193 Å². The number of carbonyl (C=O) groups excluding carboxylic acids is 1. The molecule has 0 aromatic heterocycles. The summed E-state index contributed by atoms with van der Waals surface area (Å²) in [6.45, 7) is 13.9. The maximum Gasteiger partial charge on any atom is 0.338 e. The summed E-state index contributed by atoms with van der Waals surface area (Å²) in [5, 5.41) is 6.89. The molecule has 0 aliphatic rings. The quantitative estimate of drug-likeness (QED) is 0.319. The van der Waals surface area contributed by atoms with Crippen molar-refractivity contribution in [3.05, 3.63) is 70.8 Å². The van der Waals surface area contributed by atoms with Crippen LogP contribution in [-0.4, -0.2) is 43.7 Å². The highest BCUT2D eigenvalue weighted by molar-refractivity contribution is 5.89. The summed E-state index contributed by atoms with van der Waals surface area (Å²) in [4.78, 5) is 20.2. The van der Waals surface area contributed by atoms with Gasteiger partial charge < -0.3 is 19.3 Å². The van der Waals surface area contributed by atoms with Crippen LogP contribution in [0, 0.1) is 20.8 Å². The summed E-state index contributed by atoms with van der Waals surface area (Å²) >= 11 is 0. The molecule has 1 N–H and O–H groups in total. The fourth-order valence-corrected chi connectivity index (χ4v) is 2.16. The molecule has 0 bridgehead atoms. The maximum atomic E-state index is 11.8. The first-order chi connectivity index (χ1) is 15.3. The van der Waals surface area contributed by atoms with E-state index in [2.05, 4.69) is 38.1 Å². The largest absolute Gasteiger partial charge is 0.483 e. The molecular formula is C26H40O6. The van der Waals surface area contributed by atoms with Gasteiger partial charge in [-0.25, -0.2) is 4.79 Å². The van der Waals surface area contributed by atoms with Crippen molar-refractivity contribution >= 4 is 12.4 Å². The number of carbonyl (C=O) groups is 2. The van der Waals surface area contributed by atoms with E-state index in [1.54, 1.807) is 19.2 Å². The first kappa shape index (κ1) is 31.5.